The molecule has 0 spiro atoms. The van der Waals surface area contributed by atoms with E-state index < -0.39 is 11.9 Å². The first kappa shape index (κ1) is 19.8. The molecule has 0 bridgehead atoms. The molecule has 2 N–H and O–H groups in total. The standard InChI is InChI=1S/C24H23NO5/c1-4-29-18-12-14(10-11-17(18)26)20-19(24(28)30-5-2)13(3)25-22-15-8-6-7-9-16(15)23(27)21(20)22/h6-12,20,25-26H,4-5H2,1-3H3/t20-/m1/s1. The second kappa shape index (κ2) is 7.71. The van der Waals surface area contributed by atoms with E-state index in [9.17, 15) is 14.7 Å². The van der Waals surface area contributed by atoms with Crippen molar-refractivity contribution in [3.05, 3.63) is 76.0 Å². The van der Waals surface area contributed by atoms with Crippen molar-refractivity contribution in [1.82, 2.24) is 5.32 Å². The van der Waals surface area contributed by atoms with Gasteiger partial charge in [0, 0.05) is 28.3 Å². The van der Waals surface area contributed by atoms with Crippen LogP contribution in [0.4, 0.5) is 0 Å². The summed E-state index contributed by atoms with van der Waals surface area (Å²) in [6.45, 7) is 5.97. The smallest absolute Gasteiger partial charge is 0.336 e. The van der Waals surface area contributed by atoms with Crippen molar-refractivity contribution in [1.29, 1.82) is 0 Å². The highest BCUT2D eigenvalue weighted by Gasteiger charge is 2.43. The fourth-order valence-electron chi connectivity index (χ4n) is 4.12. The van der Waals surface area contributed by atoms with Crippen molar-refractivity contribution in [3.63, 3.8) is 0 Å². The van der Waals surface area contributed by atoms with E-state index in [2.05, 4.69) is 5.32 Å². The van der Waals surface area contributed by atoms with Gasteiger partial charge in [-0.25, -0.2) is 4.79 Å². The topological polar surface area (TPSA) is 84.9 Å². The van der Waals surface area contributed by atoms with Crippen LogP contribution in [0.1, 0.15) is 48.2 Å². The number of dihydropyridines is 1. The summed E-state index contributed by atoms with van der Waals surface area (Å²) in [6.07, 6.45) is 0. The van der Waals surface area contributed by atoms with E-state index in [4.69, 9.17) is 9.47 Å². The van der Waals surface area contributed by atoms with E-state index in [1.807, 2.05) is 25.1 Å². The van der Waals surface area contributed by atoms with Crippen LogP contribution in [-0.2, 0) is 9.53 Å². The molecule has 1 atom stereocenters. The van der Waals surface area contributed by atoms with Gasteiger partial charge in [0.2, 0.25) is 0 Å². The molecule has 4 rings (SSSR count). The third-order valence-electron chi connectivity index (χ3n) is 5.36. The second-order valence-corrected chi connectivity index (χ2v) is 7.14. The average Bonchev–Trinajstić information content (AvgIpc) is 3.01. The number of hydrogen-bond donors (Lipinski definition) is 2. The summed E-state index contributed by atoms with van der Waals surface area (Å²) in [7, 11) is 0. The number of ether oxygens (including phenoxy) is 2. The van der Waals surface area contributed by atoms with Gasteiger partial charge >= 0.3 is 5.97 Å². The van der Waals surface area contributed by atoms with E-state index in [0.29, 0.717) is 46.0 Å². The van der Waals surface area contributed by atoms with Crippen molar-refractivity contribution in [2.45, 2.75) is 26.7 Å². The number of hydrogen-bond acceptors (Lipinski definition) is 6. The Morgan fingerprint density at radius 3 is 2.53 bits per heavy atom. The summed E-state index contributed by atoms with van der Waals surface area (Å²) in [6, 6.07) is 12.3. The fraction of sp³-hybridized carbons (Fsp3) is 0.250. The van der Waals surface area contributed by atoms with Crippen LogP contribution in [0.15, 0.2) is 59.3 Å². The molecular formula is C24H23NO5. The number of aromatic hydroxyl groups is 1. The number of rotatable bonds is 5. The minimum absolute atomic E-state index is 0.00292. The second-order valence-electron chi connectivity index (χ2n) is 7.14. The maximum Gasteiger partial charge on any atom is 0.336 e. The van der Waals surface area contributed by atoms with Gasteiger partial charge in [0.15, 0.2) is 17.3 Å². The third-order valence-corrected chi connectivity index (χ3v) is 5.36. The lowest BCUT2D eigenvalue weighted by atomic mass is 9.79. The average molecular weight is 405 g/mol. The molecule has 0 saturated heterocycles. The molecule has 0 unspecified atom stereocenters. The van der Waals surface area contributed by atoms with Crippen molar-refractivity contribution in [2.24, 2.45) is 0 Å². The molecular weight excluding hydrogens is 382 g/mol. The Kier molecular flexibility index (Phi) is 5.08. The lowest BCUT2D eigenvalue weighted by Gasteiger charge is -2.29. The molecule has 0 radical (unpaired) electrons. The first-order valence-corrected chi connectivity index (χ1v) is 9.96. The maximum atomic E-state index is 13.4. The summed E-state index contributed by atoms with van der Waals surface area (Å²) in [5, 5.41) is 13.4. The quantitative estimate of drug-likeness (QED) is 0.734. The van der Waals surface area contributed by atoms with Gasteiger partial charge in [0.25, 0.3) is 0 Å². The number of phenols is 1. The van der Waals surface area contributed by atoms with E-state index in [0.717, 1.165) is 5.56 Å². The van der Waals surface area contributed by atoms with E-state index in [-0.39, 0.29) is 18.1 Å². The molecule has 6 nitrogen and oxygen atoms in total. The van der Waals surface area contributed by atoms with Crippen molar-refractivity contribution in [2.75, 3.05) is 13.2 Å². The highest BCUT2D eigenvalue weighted by molar-refractivity contribution is 6.23. The number of allylic oxidation sites excluding steroid dienone is 2. The number of benzene rings is 2. The first-order chi connectivity index (χ1) is 14.5. The van der Waals surface area contributed by atoms with Crippen LogP contribution in [0.5, 0.6) is 11.5 Å². The number of carbonyl (C=O) groups excluding carboxylic acids is 2. The zero-order chi connectivity index (χ0) is 21.4. The third kappa shape index (κ3) is 3.05. The molecule has 0 aromatic heterocycles. The Bertz CT molecular complexity index is 1110. The van der Waals surface area contributed by atoms with Crippen molar-refractivity contribution >= 4 is 17.4 Å². The Balaban J connectivity index is 1.92. The number of phenolic OH excluding ortho intramolecular Hbond substituents is 1. The van der Waals surface area contributed by atoms with Gasteiger partial charge in [0.05, 0.1) is 24.5 Å². The van der Waals surface area contributed by atoms with Gasteiger partial charge < -0.3 is 19.9 Å². The Morgan fingerprint density at radius 2 is 1.83 bits per heavy atom. The lowest BCUT2D eigenvalue weighted by molar-refractivity contribution is -0.138. The molecule has 1 aliphatic heterocycles. The number of Topliss-reactive ketones (excluding diaryl/α,β-unsaturated/α-hetero) is 1. The molecule has 1 aliphatic carbocycles. The number of ketones is 1. The van der Waals surface area contributed by atoms with E-state index in [1.165, 1.54) is 6.07 Å². The van der Waals surface area contributed by atoms with E-state index >= 15 is 0 Å². The molecule has 30 heavy (non-hydrogen) atoms. The molecule has 6 heteroatoms. The molecule has 2 aliphatic rings. The fourth-order valence-corrected chi connectivity index (χ4v) is 4.12. The van der Waals surface area contributed by atoms with Crippen LogP contribution < -0.4 is 10.1 Å². The predicted molar refractivity (Wildman–Crippen MR) is 112 cm³/mol. The molecule has 0 amide bonds. The maximum absolute atomic E-state index is 13.4. The van der Waals surface area contributed by atoms with Crippen LogP contribution >= 0.6 is 0 Å². The summed E-state index contributed by atoms with van der Waals surface area (Å²) >= 11 is 0. The molecule has 0 fully saturated rings. The van der Waals surface area contributed by atoms with Crippen molar-refractivity contribution in [3.8, 4) is 11.5 Å². The summed E-state index contributed by atoms with van der Waals surface area (Å²) < 4.78 is 10.9. The molecule has 2 aromatic carbocycles. The number of fused-ring (bicyclic) bond motifs is 2. The minimum Gasteiger partial charge on any atom is -0.504 e. The monoisotopic (exact) mass is 405 g/mol. The largest absolute Gasteiger partial charge is 0.504 e. The van der Waals surface area contributed by atoms with Gasteiger partial charge in [0.1, 0.15) is 0 Å². The molecule has 2 aromatic rings. The van der Waals surface area contributed by atoms with Gasteiger partial charge in [-0.2, -0.15) is 0 Å². The van der Waals surface area contributed by atoms with Crippen LogP contribution in [0, 0.1) is 0 Å². The highest BCUT2D eigenvalue weighted by atomic mass is 16.5. The SMILES string of the molecule is CCOC(=O)C1=C(C)NC2=C(C(=O)c3ccccc32)[C@@H]1c1ccc(O)c(OCC)c1. The summed E-state index contributed by atoms with van der Waals surface area (Å²) in [4.78, 5) is 26.3. The minimum atomic E-state index is -0.639. The Hall–Kier alpha value is -3.54. The van der Waals surface area contributed by atoms with Gasteiger partial charge in [-0.15, -0.1) is 0 Å². The van der Waals surface area contributed by atoms with Crippen LogP contribution in [0.3, 0.4) is 0 Å². The lowest BCUT2D eigenvalue weighted by Crippen LogP contribution is -2.29. The zero-order valence-electron chi connectivity index (χ0n) is 17.1. The van der Waals surface area contributed by atoms with Gasteiger partial charge in [-0.1, -0.05) is 30.3 Å². The number of esters is 1. The summed E-state index contributed by atoms with van der Waals surface area (Å²) in [5.41, 5.74) is 4.30. The molecule has 1 heterocycles. The van der Waals surface area contributed by atoms with Crippen molar-refractivity contribution < 1.29 is 24.2 Å². The summed E-state index contributed by atoms with van der Waals surface area (Å²) in [5.74, 6) is -0.935. The predicted octanol–water partition coefficient (Wildman–Crippen LogP) is 3.92. The molecule has 0 saturated carbocycles. The van der Waals surface area contributed by atoms with Gasteiger partial charge in [-0.05, 0) is 38.5 Å². The first-order valence-electron chi connectivity index (χ1n) is 9.96. The number of carbonyl (C=O) groups is 2. The normalized spacial score (nSPS) is 17.4. The zero-order valence-corrected chi connectivity index (χ0v) is 17.1. The molecule has 154 valence electrons. The van der Waals surface area contributed by atoms with Crippen LogP contribution in [0.2, 0.25) is 0 Å². The van der Waals surface area contributed by atoms with Crippen LogP contribution in [0.25, 0.3) is 5.70 Å². The van der Waals surface area contributed by atoms with Gasteiger partial charge in [-0.3, -0.25) is 4.79 Å². The Morgan fingerprint density at radius 1 is 1.10 bits per heavy atom. The van der Waals surface area contributed by atoms with Crippen LogP contribution in [-0.4, -0.2) is 30.1 Å². The van der Waals surface area contributed by atoms with E-state index in [1.54, 1.807) is 32.0 Å². The Labute approximate surface area is 174 Å². The number of nitrogens with one attached hydrogen (secondary N) is 1. The highest BCUT2D eigenvalue weighted by Crippen LogP contribution is 2.47.